The second-order valence-electron chi connectivity index (χ2n) is 4.10. The van der Waals surface area contributed by atoms with Gasteiger partial charge in [0.15, 0.2) is 5.69 Å². The average molecular weight is 238 g/mol. The number of carboxylic acid groups (broad SMARTS) is 1. The van der Waals surface area contributed by atoms with Crippen molar-refractivity contribution in [2.75, 3.05) is 25.1 Å². The molecule has 5 heteroatoms. The zero-order chi connectivity index (χ0) is 12.7. The molecule has 1 aromatic heterocycles. The summed E-state index contributed by atoms with van der Waals surface area (Å²) in [6, 6.07) is 3.39. The Morgan fingerprint density at radius 3 is 3.00 bits per heavy atom. The summed E-state index contributed by atoms with van der Waals surface area (Å²) < 4.78 is 5.39. The number of ether oxygens (including phenoxy) is 1. The third-order valence-corrected chi connectivity index (χ3v) is 2.02. The Kier molecular flexibility index (Phi) is 5.42. The molecule has 0 aliphatic heterocycles. The van der Waals surface area contributed by atoms with E-state index in [1.165, 1.54) is 6.20 Å². The molecular weight excluding hydrogens is 220 g/mol. The molecule has 0 saturated heterocycles. The van der Waals surface area contributed by atoms with Crippen LogP contribution in [0.2, 0.25) is 0 Å². The van der Waals surface area contributed by atoms with Gasteiger partial charge in [-0.3, -0.25) is 0 Å². The lowest BCUT2D eigenvalue weighted by atomic mass is 10.2. The van der Waals surface area contributed by atoms with Crippen LogP contribution in [0, 0.1) is 5.92 Å². The van der Waals surface area contributed by atoms with E-state index in [4.69, 9.17) is 9.84 Å². The number of carbonyl (C=O) groups is 1. The summed E-state index contributed by atoms with van der Waals surface area (Å²) in [5, 5.41) is 11.9. The van der Waals surface area contributed by atoms with E-state index in [1.54, 1.807) is 12.1 Å². The minimum atomic E-state index is -1.03. The van der Waals surface area contributed by atoms with Crippen molar-refractivity contribution in [2.24, 2.45) is 5.92 Å². The summed E-state index contributed by atoms with van der Waals surface area (Å²) >= 11 is 0. The predicted octanol–water partition coefficient (Wildman–Crippen LogP) is 1.86. The smallest absolute Gasteiger partial charge is 0.356 e. The first kappa shape index (κ1) is 13.4. The Morgan fingerprint density at radius 2 is 2.35 bits per heavy atom. The molecule has 94 valence electrons. The Morgan fingerprint density at radius 1 is 1.59 bits per heavy atom. The molecule has 0 aliphatic carbocycles. The first-order valence-corrected chi connectivity index (χ1v) is 5.61. The van der Waals surface area contributed by atoms with Crippen LogP contribution in [0.5, 0.6) is 0 Å². The van der Waals surface area contributed by atoms with Crippen molar-refractivity contribution in [3.63, 3.8) is 0 Å². The highest BCUT2D eigenvalue weighted by Gasteiger charge is 2.09. The minimum absolute atomic E-state index is 0.0383. The van der Waals surface area contributed by atoms with E-state index in [2.05, 4.69) is 24.1 Å². The molecule has 0 aromatic carbocycles. The largest absolute Gasteiger partial charge is 0.476 e. The van der Waals surface area contributed by atoms with E-state index in [0.717, 1.165) is 0 Å². The molecule has 0 bridgehead atoms. The number of pyridine rings is 1. The molecule has 17 heavy (non-hydrogen) atoms. The van der Waals surface area contributed by atoms with E-state index in [0.29, 0.717) is 31.4 Å². The first-order chi connectivity index (χ1) is 8.11. The Labute approximate surface area is 101 Å². The van der Waals surface area contributed by atoms with Gasteiger partial charge in [0, 0.05) is 19.3 Å². The summed E-state index contributed by atoms with van der Waals surface area (Å²) in [6.07, 6.45) is 1.46. The summed E-state index contributed by atoms with van der Waals surface area (Å²) in [5.41, 5.74) is 0.560. The second-order valence-corrected chi connectivity index (χ2v) is 4.10. The van der Waals surface area contributed by atoms with Gasteiger partial charge in [0.1, 0.15) is 0 Å². The highest BCUT2D eigenvalue weighted by atomic mass is 16.5. The maximum atomic E-state index is 10.9. The van der Waals surface area contributed by atoms with Crippen LogP contribution >= 0.6 is 0 Å². The number of nitrogens with one attached hydrogen (secondary N) is 1. The number of hydrogen-bond acceptors (Lipinski definition) is 4. The maximum Gasteiger partial charge on any atom is 0.356 e. The maximum absolute atomic E-state index is 10.9. The van der Waals surface area contributed by atoms with E-state index in [-0.39, 0.29) is 5.69 Å². The fourth-order valence-corrected chi connectivity index (χ4v) is 1.30. The van der Waals surface area contributed by atoms with Crippen LogP contribution < -0.4 is 5.32 Å². The lowest BCUT2D eigenvalue weighted by Crippen LogP contribution is -2.14. The molecule has 0 aliphatic rings. The normalized spacial score (nSPS) is 10.5. The van der Waals surface area contributed by atoms with Gasteiger partial charge in [0.25, 0.3) is 0 Å². The van der Waals surface area contributed by atoms with Gasteiger partial charge in [-0.15, -0.1) is 0 Å². The molecule has 5 nitrogen and oxygen atoms in total. The van der Waals surface area contributed by atoms with Gasteiger partial charge < -0.3 is 15.2 Å². The fourth-order valence-electron chi connectivity index (χ4n) is 1.30. The van der Waals surface area contributed by atoms with Crippen molar-refractivity contribution in [2.45, 2.75) is 13.8 Å². The highest BCUT2D eigenvalue weighted by Crippen LogP contribution is 2.11. The molecule has 0 atom stereocenters. The highest BCUT2D eigenvalue weighted by molar-refractivity contribution is 5.91. The van der Waals surface area contributed by atoms with Crippen LogP contribution in [0.3, 0.4) is 0 Å². The first-order valence-electron chi connectivity index (χ1n) is 5.61. The standard InChI is InChI=1S/C12H18N2O3/c1-9(2)8-17-7-6-13-10-4-3-5-14-11(10)12(15)16/h3-5,9,13H,6-8H2,1-2H3,(H,15,16). The molecule has 0 fully saturated rings. The van der Waals surface area contributed by atoms with Crippen LogP contribution in [-0.4, -0.2) is 35.8 Å². The lowest BCUT2D eigenvalue weighted by Gasteiger charge is -2.10. The Balaban J connectivity index is 2.39. The monoisotopic (exact) mass is 238 g/mol. The fraction of sp³-hybridized carbons (Fsp3) is 0.500. The quantitative estimate of drug-likeness (QED) is 0.709. The summed E-state index contributed by atoms with van der Waals surface area (Å²) in [7, 11) is 0. The second kappa shape index (κ2) is 6.85. The molecule has 0 amide bonds. The van der Waals surface area contributed by atoms with Gasteiger partial charge in [-0.1, -0.05) is 13.8 Å². The van der Waals surface area contributed by atoms with Gasteiger partial charge in [-0.2, -0.15) is 0 Å². The van der Waals surface area contributed by atoms with Crippen molar-refractivity contribution in [3.8, 4) is 0 Å². The Hall–Kier alpha value is -1.62. The van der Waals surface area contributed by atoms with Crippen LogP contribution in [-0.2, 0) is 4.74 Å². The molecule has 0 spiro atoms. The molecule has 2 N–H and O–H groups in total. The van der Waals surface area contributed by atoms with Crippen molar-refractivity contribution < 1.29 is 14.6 Å². The van der Waals surface area contributed by atoms with Gasteiger partial charge in [0.05, 0.1) is 12.3 Å². The van der Waals surface area contributed by atoms with Gasteiger partial charge in [-0.05, 0) is 18.1 Å². The number of anilines is 1. The third kappa shape index (κ3) is 4.82. The van der Waals surface area contributed by atoms with Crippen LogP contribution in [0.25, 0.3) is 0 Å². The van der Waals surface area contributed by atoms with E-state index in [1.807, 2.05) is 0 Å². The van der Waals surface area contributed by atoms with Gasteiger partial charge in [-0.25, -0.2) is 9.78 Å². The molecule has 1 heterocycles. The minimum Gasteiger partial charge on any atom is -0.476 e. The number of rotatable bonds is 7. The molecule has 0 unspecified atom stereocenters. The number of aromatic nitrogens is 1. The van der Waals surface area contributed by atoms with Crippen molar-refractivity contribution in [3.05, 3.63) is 24.0 Å². The molecule has 1 aromatic rings. The summed E-state index contributed by atoms with van der Waals surface area (Å²) in [6.45, 7) is 5.99. The van der Waals surface area contributed by atoms with Crippen LogP contribution in [0.1, 0.15) is 24.3 Å². The third-order valence-electron chi connectivity index (χ3n) is 2.02. The topological polar surface area (TPSA) is 71.5 Å². The number of aromatic carboxylic acids is 1. The van der Waals surface area contributed by atoms with Gasteiger partial charge >= 0.3 is 5.97 Å². The van der Waals surface area contributed by atoms with E-state index < -0.39 is 5.97 Å². The van der Waals surface area contributed by atoms with Crippen molar-refractivity contribution in [1.82, 2.24) is 4.98 Å². The molecular formula is C12H18N2O3. The summed E-state index contributed by atoms with van der Waals surface area (Å²) in [5.74, 6) is -0.529. The van der Waals surface area contributed by atoms with E-state index in [9.17, 15) is 4.79 Å². The zero-order valence-electron chi connectivity index (χ0n) is 10.1. The number of carboxylic acids is 1. The van der Waals surface area contributed by atoms with Gasteiger partial charge in [0.2, 0.25) is 0 Å². The number of hydrogen-bond donors (Lipinski definition) is 2. The molecule has 1 rings (SSSR count). The average Bonchev–Trinajstić information content (AvgIpc) is 2.28. The van der Waals surface area contributed by atoms with Crippen molar-refractivity contribution >= 4 is 11.7 Å². The Bertz CT molecular complexity index is 367. The van der Waals surface area contributed by atoms with Crippen LogP contribution in [0.15, 0.2) is 18.3 Å². The van der Waals surface area contributed by atoms with E-state index >= 15 is 0 Å². The summed E-state index contributed by atoms with van der Waals surface area (Å²) in [4.78, 5) is 14.7. The van der Waals surface area contributed by atoms with Crippen molar-refractivity contribution in [1.29, 1.82) is 0 Å². The molecule has 0 saturated carbocycles. The lowest BCUT2D eigenvalue weighted by molar-refractivity contribution is 0.0691. The molecule has 0 radical (unpaired) electrons. The zero-order valence-corrected chi connectivity index (χ0v) is 10.1. The number of nitrogens with zero attached hydrogens (tertiary/aromatic N) is 1. The SMILES string of the molecule is CC(C)COCCNc1cccnc1C(=O)O. The predicted molar refractivity (Wildman–Crippen MR) is 65.3 cm³/mol. The van der Waals surface area contributed by atoms with Crippen LogP contribution in [0.4, 0.5) is 5.69 Å².